The van der Waals surface area contributed by atoms with Crippen molar-refractivity contribution >= 4 is 132 Å². The second kappa shape index (κ2) is 56.1. The summed E-state index contributed by atoms with van der Waals surface area (Å²) in [5.74, 6) is -19.3. The normalized spacial score (nSPS) is 14.7. The highest BCUT2D eigenvalue weighted by molar-refractivity contribution is 7.80. The summed E-state index contributed by atoms with van der Waals surface area (Å²) in [5, 5.41) is 55.7. The number of nitrogens with one attached hydrogen (secondary N) is 14. The minimum absolute atomic E-state index is 0.000677. The quantitative estimate of drug-likeness (QED) is 0.0142. The first-order chi connectivity index (χ1) is 57.3. The highest BCUT2D eigenvalue weighted by atomic mass is 32.1. The number of aliphatic carboxylic acids is 2. The van der Waals surface area contributed by atoms with Crippen LogP contribution in [0.1, 0.15) is 171 Å². The van der Waals surface area contributed by atoms with Crippen molar-refractivity contribution in [2.45, 2.75) is 258 Å². The molecule has 0 heterocycles. The lowest BCUT2D eigenvalue weighted by Gasteiger charge is -2.30. The third kappa shape index (κ3) is 41.3. The topological polar surface area (TPSA) is 642 Å². The van der Waals surface area contributed by atoms with Crippen LogP contribution >= 0.6 is 25.3 Å². The summed E-state index contributed by atoms with van der Waals surface area (Å²) in [5.41, 5.74) is 28.9. The molecule has 0 radical (unpaired) electrons. The van der Waals surface area contributed by atoms with Crippen LogP contribution in [0.25, 0.3) is 0 Å². The van der Waals surface area contributed by atoms with E-state index < -0.39 is 241 Å². The van der Waals surface area contributed by atoms with E-state index in [0.29, 0.717) is 30.5 Å². The number of carboxylic acids is 2. The number of nitrogens with two attached hydrogens (primary N) is 5. The van der Waals surface area contributed by atoms with Gasteiger partial charge in [0.2, 0.25) is 88.6 Å². The molecular formula is C81H132N20O19S2. The first-order valence-corrected chi connectivity index (χ1v) is 42.3. The molecule has 26 N–H and O–H groups in total. The summed E-state index contributed by atoms with van der Waals surface area (Å²) >= 11 is 8.37. The van der Waals surface area contributed by atoms with Crippen LogP contribution in [0.4, 0.5) is 0 Å². The fourth-order valence-corrected chi connectivity index (χ4v) is 12.9. The molecule has 39 nitrogen and oxygen atoms in total. The summed E-state index contributed by atoms with van der Waals surface area (Å²) in [6.45, 7) is 19.8. The predicted octanol–water partition coefficient (Wildman–Crippen LogP) is -2.42. The number of amides is 15. The summed E-state index contributed by atoms with van der Waals surface area (Å²) < 4.78 is 0. The van der Waals surface area contributed by atoms with Gasteiger partial charge in [0.15, 0.2) is 5.96 Å². The highest BCUT2D eigenvalue weighted by Gasteiger charge is 2.40. The predicted molar refractivity (Wildman–Crippen MR) is 463 cm³/mol. The summed E-state index contributed by atoms with van der Waals surface area (Å²) in [6.07, 6.45) is -1.22. The maximum absolute atomic E-state index is 14.8. The van der Waals surface area contributed by atoms with Gasteiger partial charge in [-0.2, -0.15) is 25.3 Å². The Bertz CT molecular complexity index is 3820. The zero-order valence-electron chi connectivity index (χ0n) is 71.8. The van der Waals surface area contributed by atoms with Crippen LogP contribution < -0.4 is 103 Å². The van der Waals surface area contributed by atoms with E-state index in [2.05, 4.69) is 105 Å². The van der Waals surface area contributed by atoms with Crippen molar-refractivity contribution in [3.05, 3.63) is 71.8 Å². The van der Waals surface area contributed by atoms with Gasteiger partial charge in [-0.25, -0.2) is 4.79 Å². The van der Waals surface area contributed by atoms with Gasteiger partial charge in [0.1, 0.15) is 78.5 Å². The number of carbonyl (C=O) groups is 17. The minimum Gasteiger partial charge on any atom is -0.481 e. The Morgan fingerprint density at radius 2 is 0.705 bits per heavy atom. The van der Waals surface area contributed by atoms with Gasteiger partial charge in [0.25, 0.3) is 0 Å². The number of rotatable bonds is 58. The molecule has 122 heavy (non-hydrogen) atoms. The summed E-state index contributed by atoms with van der Waals surface area (Å²) in [4.78, 5) is 238. The Balaban J connectivity index is 2.46. The number of benzene rings is 2. The van der Waals surface area contributed by atoms with Gasteiger partial charge in [-0.3, -0.25) is 81.7 Å². The Morgan fingerprint density at radius 1 is 0.369 bits per heavy atom. The van der Waals surface area contributed by atoms with E-state index in [1.807, 2.05) is 13.8 Å². The van der Waals surface area contributed by atoms with Crippen LogP contribution in [-0.4, -0.2) is 232 Å². The van der Waals surface area contributed by atoms with Gasteiger partial charge in [-0.05, 0) is 117 Å². The number of carbonyl (C=O) groups excluding carboxylic acids is 15. The van der Waals surface area contributed by atoms with Gasteiger partial charge >= 0.3 is 11.9 Å². The molecule has 0 aliphatic rings. The summed E-state index contributed by atoms with van der Waals surface area (Å²) in [7, 11) is 0. The zero-order chi connectivity index (χ0) is 92.2. The highest BCUT2D eigenvalue weighted by Crippen LogP contribution is 2.17. The lowest BCUT2D eigenvalue weighted by Crippen LogP contribution is -2.62. The molecule has 682 valence electrons. The first kappa shape index (κ1) is 107. The monoisotopic (exact) mass is 1750 g/mol. The van der Waals surface area contributed by atoms with Crippen molar-refractivity contribution in [3.8, 4) is 0 Å². The summed E-state index contributed by atoms with van der Waals surface area (Å²) in [6, 6.07) is -2.33. The standard InChI is InChI=1S/C81H132N20O19S2/c1-42(2)34-55(96-79(118)66(47(11)12)101-75(114)59(38-49-24-17-14-18-25-49)95-73(112)56(35-43(3)4)97-78(117)65(46(9)10)99-71(110)51(26-19-20-32-82)90-67(106)50(83)40-121)72(111)94-58(37-48-22-15-13-16-23-48)68(107)88-39-62(103)89-52(28-30-61(84)102)69(108)98-60(41-122)76(115)93-57(36-44(5)6)74(113)100-64(45(7)8)77(116)91-53(29-31-63(104)105)70(109)92-54(80(119)120)27-21-33-87-81(85)86/h13-18,22-25,42-47,50-60,64-66,121-122H,19-21,26-41,82-83H2,1-12H3,(H2,84,102)(H,88,107)(H,89,103)(H,90,106)(H,91,116)(H,92,109)(H,93,115)(H,94,111)(H,95,112)(H,96,118)(H,97,117)(H,98,108)(H,99,110)(H,100,113)(H,101,114)(H,104,105)(H,119,120)(H4,85,86,87)/t50-,51-,52-,53-,54-,55-,56-,57-,58-,59-,60-,64-,65-,66-/m0/s1. The van der Waals surface area contributed by atoms with Crippen molar-refractivity contribution in [3.63, 3.8) is 0 Å². The molecule has 2 aromatic rings. The molecule has 0 aromatic heterocycles. The second-order valence-electron chi connectivity index (χ2n) is 32.3. The molecule has 2 rings (SSSR count). The molecule has 15 amide bonds. The maximum atomic E-state index is 14.8. The van der Waals surface area contributed by atoms with Crippen molar-refractivity contribution < 1.29 is 91.7 Å². The molecule has 0 unspecified atom stereocenters. The molecular weight excluding hydrogens is 1620 g/mol. The maximum Gasteiger partial charge on any atom is 0.326 e. The van der Waals surface area contributed by atoms with Crippen molar-refractivity contribution in [2.75, 3.05) is 31.1 Å². The molecule has 0 saturated heterocycles. The largest absolute Gasteiger partial charge is 0.481 e. The van der Waals surface area contributed by atoms with Crippen molar-refractivity contribution in [2.24, 2.45) is 69.2 Å². The number of aliphatic imine (C=N–C) groups is 1. The van der Waals surface area contributed by atoms with Gasteiger partial charge < -0.3 is 113 Å². The average Bonchev–Trinajstić information content (AvgIpc) is 0.836. The van der Waals surface area contributed by atoms with Gasteiger partial charge in [-0.1, -0.05) is 144 Å². The van der Waals surface area contributed by atoms with Crippen LogP contribution in [0.2, 0.25) is 0 Å². The van der Waals surface area contributed by atoms with E-state index in [-0.39, 0.29) is 87.4 Å². The Hall–Kier alpha value is -10.7. The molecule has 0 bridgehead atoms. The number of hydrogen-bond donors (Lipinski definition) is 23. The fourth-order valence-electron chi connectivity index (χ4n) is 12.4. The number of unbranched alkanes of at least 4 members (excludes halogenated alkanes) is 1. The van der Waals surface area contributed by atoms with Gasteiger partial charge in [0, 0.05) is 43.7 Å². The average molecular weight is 1750 g/mol. The van der Waals surface area contributed by atoms with Crippen LogP contribution in [0, 0.1) is 35.5 Å². The molecule has 0 aliphatic heterocycles. The Morgan fingerprint density at radius 3 is 1.10 bits per heavy atom. The minimum atomic E-state index is -1.62. The smallest absolute Gasteiger partial charge is 0.326 e. The van der Waals surface area contributed by atoms with E-state index in [9.17, 15) is 91.7 Å². The molecule has 0 saturated carbocycles. The molecule has 14 atom stereocenters. The second-order valence-corrected chi connectivity index (χ2v) is 33.1. The van der Waals surface area contributed by atoms with Crippen LogP contribution in [-0.2, 0) is 94.3 Å². The van der Waals surface area contributed by atoms with Crippen molar-refractivity contribution in [1.82, 2.24) is 74.4 Å². The Labute approximate surface area is 724 Å². The van der Waals surface area contributed by atoms with E-state index >= 15 is 0 Å². The zero-order valence-corrected chi connectivity index (χ0v) is 73.6. The van der Waals surface area contributed by atoms with Gasteiger partial charge in [-0.15, -0.1) is 0 Å². The SMILES string of the molecule is CC(C)C[C@H](NC(=O)[C@H](CS)NC(=O)[C@H](CCC(N)=O)NC(=O)CNC(=O)[C@H](Cc1ccccc1)NC(=O)[C@H](CC(C)C)NC(=O)[C@@H](NC(=O)[C@H](Cc1ccccc1)NC(=O)[C@H](CC(C)C)NC(=O)[C@@H](NC(=O)[C@H](CCCCN)NC(=O)[C@@H](N)CS)C(C)C)C(C)C)C(=O)N[C@H](C(=O)N[C@@H](CCC(=O)O)C(=O)N[C@@H](CCCN=C(N)N)C(=O)O)C(C)C. The number of thiol groups is 2. The fraction of sp³-hybridized carbons (Fsp3) is 0.630. The number of carboxylic acid groups (broad SMARTS) is 2. The van der Waals surface area contributed by atoms with Crippen molar-refractivity contribution in [1.29, 1.82) is 0 Å². The first-order valence-electron chi connectivity index (χ1n) is 41.1. The Kier molecular flexibility index (Phi) is 49.4. The molecule has 0 aliphatic carbocycles. The van der Waals surface area contributed by atoms with Crippen LogP contribution in [0.15, 0.2) is 65.7 Å². The third-order valence-electron chi connectivity index (χ3n) is 19.1. The number of nitrogens with zero attached hydrogens (tertiary/aromatic N) is 1. The van der Waals surface area contributed by atoms with Crippen LogP contribution in [0.3, 0.4) is 0 Å². The van der Waals surface area contributed by atoms with Gasteiger partial charge in [0.05, 0.1) is 12.6 Å². The molecule has 0 spiro atoms. The number of primary amides is 1. The van der Waals surface area contributed by atoms with E-state index in [1.165, 1.54) is 13.8 Å². The molecule has 0 fully saturated rings. The number of hydrogen-bond acceptors (Lipinski definition) is 22. The van der Waals surface area contributed by atoms with E-state index in [1.54, 1.807) is 116 Å². The third-order valence-corrected chi connectivity index (χ3v) is 19.9. The van der Waals surface area contributed by atoms with E-state index in [0.717, 1.165) is 0 Å². The number of guanidine groups is 1. The van der Waals surface area contributed by atoms with E-state index in [4.69, 9.17) is 28.7 Å². The lowest BCUT2D eigenvalue weighted by molar-refractivity contribution is -0.143. The molecule has 41 heteroatoms. The van der Waals surface area contributed by atoms with Crippen LogP contribution in [0.5, 0.6) is 0 Å². The molecule has 2 aromatic carbocycles. The lowest BCUT2D eigenvalue weighted by atomic mass is 9.97.